The van der Waals surface area contributed by atoms with Gasteiger partial charge >= 0.3 is 0 Å². The van der Waals surface area contributed by atoms with Crippen molar-refractivity contribution in [1.82, 2.24) is 5.32 Å². The van der Waals surface area contributed by atoms with Gasteiger partial charge < -0.3 is 28.8 Å². The predicted octanol–water partition coefficient (Wildman–Crippen LogP) is 6.43. The molecule has 1 aromatic heterocycles. The zero-order valence-electron chi connectivity index (χ0n) is 27.1. The van der Waals surface area contributed by atoms with E-state index >= 15 is 0 Å². The minimum absolute atomic E-state index is 0.0813. The van der Waals surface area contributed by atoms with Crippen LogP contribution < -0.4 is 10.1 Å². The number of furan rings is 1. The van der Waals surface area contributed by atoms with E-state index in [0.717, 1.165) is 67.7 Å². The Hall–Kier alpha value is -3.13. The first-order valence-corrected chi connectivity index (χ1v) is 17.2. The highest BCUT2D eigenvalue weighted by molar-refractivity contribution is 5.86. The van der Waals surface area contributed by atoms with Crippen LogP contribution in [0.4, 0.5) is 0 Å². The van der Waals surface area contributed by atoms with Crippen LogP contribution in [0.1, 0.15) is 74.7 Å². The van der Waals surface area contributed by atoms with Crippen LogP contribution in [-0.2, 0) is 28.0 Å². The fourth-order valence-electron chi connectivity index (χ4n) is 7.32. The Bertz CT molecular complexity index is 1270. The Morgan fingerprint density at radius 1 is 0.889 bits per heavy atom. The van der Waals surface area contributed by atoms with Gasteiger partial charge in [0, 0.05) is 26.1 Å². The number of methoxy groups -OCH3 is 1. The summed E-state index contributed by atoms with van der Waals surface area (Å²) in [4.78, 5) is 13.8. The molecule has 3 aromatic rings. The number of carbonyl (C=O) groups is 1. The number of amides is 1. The summed E-state index contributed by atoms with van der Waals surface area (Å²) in [5.41, 5.74) is 0.725. The number of hydrogen-bond donors (Lipinski definition) is 2. The average Bonchev–Trinajstić information content (AvgIpc) is 3.63. The molecule has 2 N–H and O–H groups in total. The Morgan fingerprint density at radius 2 is 1.60 bits per heavy atom. The number of rotatable bonds is 19. The van der Waals surface area contributed by atoms with Crippen molar-refractivity contribution in [2.24, 2.45) is 5.92 Å². The van der Waals surface area contributed by atoms with Gasteiger partial charge in [0.05, 0.1) is 45.6 Å². The molecule has 244 valence electrons. The molecular formula is C38H53N2O5+. The molecule has 6 rings (SSSR count). The molecule has 2 aromatic carbocycles. The summed E-state index contributed by atoms with van der Waals surface area (Å²) in [6.45, 7) is 6.23. The van der Waals surface area contributed by atoms with E-state index in [1.165, 1.54) is 57.1 Å². The molecule has 3 aliphatic rings. The van der Waals surface area contributed by atoms with Crippen molar-refractivity contribution in [1.29, 1.82) is 0 Å². The van der Waals surface area contributed by atoms with Crippen LogP contribution in [0, 0.1) is 5.92 Å². The van der Waals surface area contributed by atoms with Crippen LogP contribution in [0.5, 0.6) is 5.75 Å². The maximum atomic E-state index is 13.8. The molecule has 0 spiro atoms. The summed E-state index contributed by atoms with van der Waals surface area (Å²) in [7, 11) is 1.64. The standard InChI is InChI=1S/C38H52N2O5/c1-43-34-18-16-32(17-19-34)20-23-38(42,36-15-11-29-45-36)37(41)39-35-30-40(25-21-33(35)22-26-40)24-8-2-3-9-27-44-28-10-7-14-31-12-5-4-6-13-31/h4-6,11-13,15-19,29,33,35,42H,2-3,7-10,14,20-28,30H2,1H3/p+1/t33?,35-,38?,40?/m0/s1. The largest absolute Gasteiger partial charge is 0.497 e. The molecule has 4 heterocycles. The van der Waals surface area contributed by atoms with Crippen molar-refractivity contribution in [3.8, 4) is 5.75 Å². The van der Waals surface area contributed by atoms with E-state index in [1.54, 1.807) is 19.2 Å². The number of nitrogens with zero attached hydrogens (tertiary/aromatic N) is 1. The third-order valence-electron chi connectivity index (χ3n) is 10.2. The second kappa shape index (κ2) is 16.4. The van der Waals surface area contributed by atoms with Crippen LogP contribution in [0.15, 0.2) is 77.4 Å². The summed E-state index contributed by atoms with van der Waals surface area (Å²) in [6.07, 6.45) is 12.8. The molecule has 1 unspecified atom stereocenters. The first-order valence-electron chi connectivity index (χ1n) is 17.2. The minimum Gasteiger partial charge on any atom is -0.497 e. The van der Waals surface area contributed by atoms with E-state index in [2.05, 4.69) is 35.6 Å². The molecule has 1 amide bonds. The molecule has 3 saturated heterocycles. The summed E-state index contributed by atoms with van der Waals surface area (Å²) < 4.78 is 17.9. The van der Waals surface area contributed by atoms with Crippen LogP contribution in [-0.4, -0.2) is 68.0 Å². The van der Waals surface area contributed by atoms with Gasteiger partial charge in [-0.3, -0.25) is 4.79 Å². The van der Waals surface area contributed by atoms with E-state index in [1.807, 2.05) is 24.3 Å². The monoisotopic (exact) mass is 617 g/mol. The van der Waals surface area contributed by atoms with Crippen LogP contribution in [0.2, 0.25) is 0 Å². The summed E-state index contributed by atoms with van der Waals surface area (Å²) in [5.74, 6) is 1.21. The lowest BCUT2D eigenvalue weighted by Crippen LogP contribution is -2.68. The lowest BCUT2D eigenvalue weighted by atomic mass is 9.80. The van der Waals surface area contributed by atoms with Gasteiger partial charge in [0.1, 0.15) is 11.5 Å². The number of ether oxygens (including phenoxy) is 2. The quantitative estimate of drug-likeness (QED) is 0.120. The maximum Gasteiger partial charge on any atom is 0.260 e. The molecule has 3 fully saturated rings. The van der Waals surface area contributed by atoms with Crippen LogP contribution in [0.3, 0.4) is 0 Å². The molecule has 2 atom stereocenters. The molecule has 0 aliphatic carbocycles. The van der Waals surface area contributed by atoms with Crippen molar-refractivity contribution < 1.29 is 28.3 Å². The van der Waals surface area contributed by atoms with E-state index < -0.39 is 5.60 Å². The van der Waals surface area contributed by atoms with Gasteiger partial charge in [0.15, 0.2) is 0 Å². The number of hydrogen-bond acceptors (Lipinski definition) is 5. The fourth-order valence-corrected chi connectivity index (χ4v) is 7.32. The molecule has 3 aliphatic heterocycles. The third-order valence-corrected chi connectivity index (χ3v) is 10.2. The van der Waals surface area contributed by atoms with Crippen molar-refractivity contribution in [2.75, 3.05) is 46.5 Å². The highest BCUT2D eigenvalue weighted by Gasteiger charge is 2.48. The number of unbranched alkanes of at least 4 members (excludes halogenated alkanes) is 4. The van der Waals surface area contributed by atoms with Crippen molar-refractivity contribution in [2.45, 2.75) is 82.3 Å². The zero-order chi connectivity index (χ0) is 31.4. The Morgan fingerprint density at radius 3 is 2.31 bits per heavy atom. The van der Waals surface area contributed by atoms with E-state index in [-0.39, 0.29) is 18.4 Å². The van der Waals surface area contributed by atoms with Crippen molar-refractivity contribution in [3.05, 3.63) is 89.9 Å². The van der Waals surface area contributed by atoms with E-state index in [9.17, 15) is 9.90 Å². The lowest BCUT2D eigenvalue weighted by Gasteiger charge is -2.53. The average molecular weight is 618 g/mol. The molecule has 0 saturated carbocycles. The second-order valence-electron chi connectivity index (χ2n) is 13.3. The summed E-state index contributed by atoms with van der Waals surface area (Å²) >= 11 is 0. The molecular weight excluding hydrogens is 564 g/mol. The fraction of sp³-hybridized carbons (Fsp3) is 0.553. The van der Waals surface area contributed by atoms with Gasteiger partial charge in [-0.2, -0.15) is 0 Å². The Kier molecular flexibility index (Phi) is 12.1. The first-order chi connectivity index (χ1) is 22.0. The van der Waals surface area contributed by atoms with Gasteiger partial charge in [-0.15, -0.1) is 0 Å². The van der Waals surface area contributed by atoms with Crippen LogP contribution in [0.25, 0.3) is 0 Å². The zero-order valence-corrected chi connectivity index (χ0v) is 27.1. The first kappa shape index (κ1) is 33.2. The van der Waals surface area contributed by atoms with Crippen molar-refractivity contribution in [3.63, 3.8) is 0 Å². The van der Waals surface area contributed by atoms with E-state index in [0.29, 0.717) is 18.1 Å². The highest BCUT2D eigenvalue weighted by Crippen LogP contribution is 2.36. The van der Waals surface area contributed by atoms with E-state index in [4.69, 9.17) is 13.9 Å². The number of quaternary nitrogens is 1. The smallest absolute Gasteiger partial charge is 0.260 e. The highest BCUT2D eigenvalue weighted by atomic mass is 16.5. The van der Waals surface area contributed by atoms with Gasteiger partial charge in [0.25, 0.3) is 5.91 Å². The topological polar surface area (TPSA) is 80.9 Å². The molecule has 7 nitrogen and oxygen atoms in total. The predicted molar refractivity (Wildman–Crippen MR) is 177 cm³/mol. The number of carbonyl (C=O) groups excluding carboxylic acids is 1. The number of piperidine rings is 3. The second-order valence-corrected chi connectivity index (χ2v) is 13.3. The maximum absolute atomic E-state index is 13.8. The molecule has 45 heavy (non-hydrogen) atoms. The number of aryl methyl sites for hydroxylation is 2. The lowest BCUT2D eigenvalue weighted by molar-refractivity contribution is -0.944. The van der Waals surface area contributed by atoms with Gasteiger partial charge in [-0.1, -0.05) is 48.9 Å². The number of fused-ring (bicyclic) bond motifs is 3. The minimum atomic E-state index is -1.72. The molecule has 2 bridgehead atoms. The summed E-state index contributed by atoms with van der Waals surface area (Å²) in [6, 6.07) is 22.0. The molecule has 7 heteroatoms. The third kappa shape index (κ3) is 9.21. The SMILES string of the molecule is COc1ccc(CCC(O)(C(=O)N[C@H]2C[N+]3(CCCCCCOCCCCc4ccccc4)CCC2CC3)c2ccco2)cc1. The van der Waals surface area contributed by atoms with Gasteiger partial charge in [-0.05, 0) is 92.7 Å². The van der Waals surface area contributed by atoms with Crippen LogP contribution >= 0.6 is 0 Å². The normalized spacial score (nSPS) is 22.2. The molecule has 0 radical (unpaired) electrons. The number of aliphatic hydroxyl groups is 1. The number of nitrogens with one attached hydrogen (secondary N) is 1. The Balaban J connectivity index is 1.03. The summed E-state index contributed by atoms with van der Waals surface area (Å²) in [5, 5.41) is 15.1. The number of benzene rings is 2. The van der Waals surface area contributed by atoms with Gasteiger partial charge in [-0.25, -0.2) is 0 Å². The Labute approximate surface area is 269 Å². The van der Waals surface area contributed by atoms with Gasteiger partial charge in [0.2, 0.25) is 5.60 Å². The van der Waals surface area contributed by atoms with Crippen molar-refractivity contribution >= 4 is 5.91 Å².